The minimum Gasteiger partial charge on any atom is -0.299 e. The van der Waals surface area contributed by atoms with Crippen molar-refractivity contribution in [2.45, 2.75) is 19.4 Å². The first kappa shape index (κ1) is 9.80. The van der Waals surface area contributed by atoms with E-state index in [2.05, 4.69) is 11.4 Å². The Bertz CT molecular complexity index is 122. The molecule has 1 N–H and O–H groups in total. The molecule has 0 aliphatic carbocycles. The fourth-order valence-electron chi connectivity index (χ4n) is 0.802. The second kappa shape index (κ2) is 4.59. The summed E-state index contributed by atoms with van der Waals surface area (Å²) in [6.07, 6.45) is 2.01. The van der Waals surface area contributed by atoms with E-state index in [9.17, 15) is 0 Å². The van der Waals surface area contributed by atoms with E-state index < -0.39 is 0 Å². The molecule has 0 rings (SSSR count). The van der Waals surface area contributed by atoms with Crippen LogP contribution in [0.25, 0.3) is 0 Å². The highest BCUT2D eigenvalue weighted by Gasteiger charge is 2.20. The molecule has 0 saturated heterocycles. The molecular formula is C7H14N2S. The molecule has 0 amide bonds. The van der Waals surface area contributed by atoms with E-state index in [1.807, 2.05) is 20.1 Å². The molecule has 0 heterocycles. The van der Waals surface area contributed by atoms with Crippen LogP contribution in [0.4, 0.5) is 0 Å². The first-order valence-corrected chi connectivity index (χ1v) is 4.73. The van der Waals surface area contributed by atoms with Crippen molar-refractivity contribution in [1.29, 1.82) is 5.26 Å². The molecule has 58 valence electrons. The predicted octanol–water partition coefficient (Wildman–Crippen LogP) is 1.24. The quantitative estimate of drug-likeness (QED) is 0.668. The number of nitrogens with one attached hydrogen (secondary N) is 1. The molecule has 0 saturated carbocycles. The predicted molar refractivity (Wildman–Crippen MR) is 46.1 cm³/mol. The summed E-state index contributed by atoms with van der Waals surface area (Å²) >= 11 is 1.69. The molecule has 0 aliphatic rings. The van der Waals surface area contributed by atoms with Gasteiger partial charge in [0.2, 0.25) is 0 Å². The van der Waals surface area contributed by atoms with E-state index in [1.165, 1.54) is 0 Å². The van der Waals surface area contributed by atoms with E-state index in [0.717, 1.165) is 12.3 Å². The van der Waals surface area contributed by atoms with E-state index in [1.54, 1.807) is 11.8 Å². The monoisotopic (exact) mass is 158 g/mol. The number of hydrogen-bond acceptors (Lipinski definition) is 3. The molecule has 2 nitrogen and oxygen atoms in total. The average molecular weight is 158 g/mol. The number of nitrogens with zero attached hydrogens (tertiary/aromatic N) is 1. The number of thioether (sulfide) groups is 1. The Kier molecular flexibility index (Phi) is 4.50. The summed E-state index contributed by atoms with van der Waals surface area (Å²) in [5, 5.41) is 11.8. The van der Waals surface area contributed by atoms with Crippen LogP contribution in [-0.2, 0) is 0 Å². The third-order valence-corrected chi connectivity index (χ3v) is 2.11. The highest BCUT2D eigenvalue weighted by atomic mass is 32.2. The SMILES string of the molecule is CCNC(C)(C#N)CSC. The number of rotatable bonds is 4. The Morgan fingerprint density at radius 3 is 2.60 bits per heavy atom. The highest BCUT2D eigenvalue weighted by Crippen LogP contribution is 2.08. The molecule has 0 spiro atoms. The van der Waals surface area contributed by atoms with Gasteiger partial charge in [-0.3, -0.25) is 5.32 Å². The molecule has 1 atom stereocenters. The molecule has 0 aliphatic heterocycles. The maximum atomic E-state index is 8.72. The fraction of sp³-hybridized carbons (Fsp3) is 0.857. The second-order valence-electron chi connectivity index (χ2n) is 2.41. The molecule has 0 fully saturated rings. The lowest BCUT2D eigenvalue weighted by Gasteiger charge is -2.20. The molecule has 0 radical (unpaired) electrons. The van der Waals surface area contributed by atoms with Gasteiger partial charge in [0.25, 0.3) is 0 Å². The van der Waals surface area contributed by atoms with Gasteiger partial charge in [0, 0.05) is 5.75 Å². The lowest BCUT2D eigenvalue weighted by Crippen LogP contribution is -2.43. The van der Waals surface area contributed by atoms with Crippen LogP contribution in [0.3, 0.4) is 0 Å². The van der Waals surface area contributed by atoms with Crippen molar-refractivity contribution in [3.05, 3.63) is 0 Å². The molecule has 0 aromatic rings. The van der Waals surface area contributed by atoms with Crippen molar-refractivity contribution < 1.29 is 0 Å². The van der Waals surface area contributed by atoms with E-state index in [0.29, 0.717) is 0 Å². The van der Waals surface area contributed by atoms with Crippen LogP contribution in [0.5, 0.6) is 0 Å². The van der Waals surface area contributed by atoms with E-state index in [-0.39, 0.29) is 5.54 Å². The van der Waals surface area contributed by atoms with Crippen molar-refractivity contribution >= 4 is 11.8 Å². The van der Waals surface area contributed by atoms with Crippen LogP contribution in [-0.4, -0.2) is 24.1 Å². The smallest absolute Gasteiger partial charge is 0.113 e. The largest absolute Gasteiger partial charge is 0.299 e. The van der Waals surface area contributed by atoms with Crippen LogP contribution in [0.1, 0.15) is 13.8 Å². The second-order valence-corrected chi connectivity index (χ2v) is 3.27. The summed E-state index contributed by atoms with van der Waals surface area (Å²) in [6, 6.07) is 2.25. The van der Waals surface area contributed by atoms with Crippen LogP contribution in [0.15, 0.2) is 0 Å². The summed E-state index contributed by atoms with van der Waals surface area (Å²) in [6.45, 7) is 4.79. The Morgan fingerprint density at radius 2 is 2.30 bits per heavy atom. The van der Waals surface area contributed by atoms with Gasteiger partial charge in [0.1, 0.15) is 5.54 Å². The van der Waals surface area contributed by atoms with Gasteiger partial charge in [-0.1, -0.05) is 6.92 Å². The van der Waals surface area contributed by atoms with E-state index >= 15 is 0 Å². The fourth-order valence-corrected chi connectivity index (χ4v) is 1.55. The van der Waals surface area contributed by atoms with Crippen molar-refractivity contribution in [1.82, 2.24) is 5.32 Å². The lowest BCUT2D eigenvalue weighted by atomic mass is 10.1. The molecule has 3 heteroatoms. The van der Waals surface area contributed by atoms with Gasteiger partial charge in [-0.2, -0.15) is 17.0 Å². The number of hydrogen-bond donors (Lipinski definition) is 1. The van der Waals surface area contributed by atoms with Crippen molar-refractivity contribution in [2.75, 3.05) is 18.6 Å². The van der Waals surface area contributed by atoms with Crippen molar-refractivity contribution in [3.8, 4) is 6.07 Å². The molecule has 1 unspecified atom stereocenters. The van der Waals surface area contributed by atoms with Crippen LogP contribution < -0.4 is 5.32 Å². The van der Waals surface area contributed by atoms with Crippen LogP contribution >= 0.6 is 11.8 Å². The number of nitriles is 1. The first-order chi connectivity index (χ1) is 4.68. The molecule has 0 bridgehead atoms. The van der Waals surface area contributed by atoms with Crippen molar-refractivity contribution in [2.24, 2.45) is 0 Å². The maximum Gasteiger partial charge on any atom is 0.113 e. The third kappa shape index (κ3) is 3.09. The van der Waals surface area contributed by atoms with Gasteiger partial charge >= 0.3 is 0 Å². The summed E-state index contributed by atoms with van der Waals surface area (Å²) in [5.41, 5.74) is -0.339. The normalized spacial score (nSPS) is 15.8. The van der Waals surface area contributed by atoms with Crippen molar-refractivity contribution in [3.63, 3.8) is 0 Å². The molecular weight excluding hydrogens is 144 g/mol. The lowest BCUT2D eigenvalue weighted by molar-refractivity contribution is 0.511. The first-order valence-electron chi connectivity index (χ1n) is 3.33. The third-order valence-electron chi connectivity index (χ3n) is 1.25. The average Bonchev–Trinajstić information content (AvgIpc) is 1.89. The molecule has 0 aromatic heterocycles. The Balaban J connectivity index is 3.85. The zero-order valence-electron chi connectivity index (χ0n) is 6.77. The van der Waals surface area contributed by atoms with Gasteiger partial charge in [0.05, 0.1) is 6.07 Å². The summed E-state index contributed by atoms with van der Waals surface area (Å²) < 4.78 is 0. The van der Waals surface area contributed by atoms with Gasteiger partial charge in [-0.05, 0) is 19.7 Å². The summed E-state index contributed by atoms with van der Waals surface area (Å²) in [4.78, 5) is 0. The zero-order valence-corrected chi connectivity index (χ0v) is 7.59. The van der Waals surface area contributed by atoms with Gasteiger partial charge in [-0.15, -0.1) is 0 Å². The van der Waals surface area contributed by atoms with Gasteiger partial charge < -0.3 is 0 Å². The summed E-state index contributed by atoms with van der Waals surface area (Å²) in [5.74, 6) is 0.845. The minimum absolute atomic E-state index is 0.339. The molecule has 10 heavy (non-hydrogen) atoms. The topological polar surface area (TPSA) is 35.8 Å². The Labute approximate surface area is 67.0 Å². The Hall–Kier alpha value is -0.200. The molecule has 0 aromatic carbocycles. The van der Waals surface area contributed by atoms with Gasteiger partial charge in [-0.25, -0.2) is 0 Å². The summed E-state index contributed by atoms with van der Waals surface area (Å²) in [7, 11) is 0. The zero-order chi connectivity index (χ0) is 8.04. The maximum absolute atomic E-state index is 8.72. The Morgan fingerprint density at radius 1 is 1.70 bits per heavy atom. The highest BCUT2D eigenvalue weighted by molar-refractivity contribution is 7.98. The van der Waals surface area contributed by atoms with Gasteiger partial charge in [0.15, 0.2) is 0 Å². The van der Waals surface area contributed by atoms with Crippen LogP contribution in [0.2, 0.25) is 0 Å². The van der Waals surface area contributed by atoms with E-state index in [4.69, 9.17) is 5.26 Å². The minimum atomic E-state index is -0.339. The van der Waals surface area contributed by atoms with Crippen LogP contribution in [0, 0.1) is 11.3 Å². The standard InChI is InChI=1S/C7H14N2S/c1-4-9-7(2,5-8)6-10-3/h9H,4,6H2,1-3H3.